The van der Waals surface area contributed by atoms with Crippen molar-refractivity contribution in [3.8, 4) is 5.75 Å². The maximum Gasteiger partial charge on any atom is 0.238 e. The minimum Gasteiger partial charge on any atom is -0.494 e. The van der Waals surface area contributed by atoms with Crippen molar-refractivity contribution in [2.45, 2.75) is 32.6 Å². The quantitative estimate of drug-likeness (QED) is 0.270. The van der Waals surface area contributed by atoms with Crippen LogP contribution in [0.1, 0.15) is 43.7 Å². The molecule has 0 N–H and O–H groups in total. The van der Waals surface area contributed by atoms with Crippen LogP contribution in [0.2, 0.25) is 0 Å². The predicted molar refractivity (Wildman–Crippen MR) is 142 cm³/mol. The van der Waals surface area contributed by atoms with Crippen LogP contribution < -0.4 is 9.64 Å². The molecule has 4 unspecified atom stereocenters. The first-order valence-corrected chi connectivity index (χ1v) is 13.1. The number of allylic oxidation sites excluding steroid dienone is 2. The lowest BCUT2D eigenvalue weighted by molar-refractivity contribution is -0.123. The molecule has 182 valence electrons. The zero-order chi connectivity index (χ0) is 24.6. The van der Waals surface area contributed by atoms with Gasteiger partial charge in [-0.15, -0.1) is 0 Å². The van der Waals surface area contributed by atoms with Gasteiger partial charge in [-0.25, -0.2) is 0 Å². The summed E-state index contributed by atoms with van der Waals surface area (Å²) in [6.45, 7) is 2.85. The Balaban J connectivity index is 1.32. The van der Waals surface area contributed by atoms with Crippen LogP contribution in [0, 0.1) is 23.7 Å². The molecule has 3 aromatic carbocycles. The Morgan fingerprint density at radius 3 is 1.75 bits per heavy atom. The Kier molecular flexibility index (Phi) is 5.96. The third-order valence-electron chi connectivity index (χ3n) is 8.09. The van der Waals surface area contributed by atoms with Crippen molar-refractivity contribution in [3.05, 3.63) is 96.1 Å². The topological polar surface area (TPSA) is 46.6 Å². The highest BCUT2D eigenvalue weighted by molar-refractivity contribution is 6.24. The maximum atomic E-state index is 13.8. The van der Waals surface area contributed by atoms with Gasteiger partial charge in [0.15, 0.2) is 0 Å². The van der Waals surface area contributed by atoms with Gasteiger partial charge >= 0.3 is 0 Å². The number of hydrogen-bond acceptors (Lipinski definition) is 3. The van der Waals surface area contributed by atoms with Gasteiger partial charge in [0.25, 0.3) is 0 Å². The summed E-state index contributed by atoms with van der Waals surface area (Å²) in [6.07, 6.45) is 4.18. The van der Waals surface area contributed by atoms with Crippen LogP contribution in [-0.2, 0) is 9.59 Å². The third kappa shape index (κ3) is 3.67. The molecule has 1 saturated carbocycles. The lowest BCUT2D eigenvalue weighted by atomic mass is 9.73. The fourth-order valence-electron chi connectivity index (χ4n) is 6.58. The highest BCUT2D eigenvalue weighted by Crippen LogP contribution is 2.63. The van der Waals surface area contributed by atoms with Crippen LogP contribution in [0.3, 0.4) is 0 Å². The Labute approximate surface area is 212 Å². The van der Waals surface area contributed by atoms with Gasteiger partial charge in [-0.05, 0) is 71.2 Å². The largest absolute Gasteiger partial charge is 0.494 e. The first-order chi connectivity index (χ1) is 17.7. The molecule has 0 aromatic heterocycles. The summed E-state index contributed by atoms with van der Waals surface area (Å²) >= 11 is 0. The van der Waals surface area contributed by atoms with Gasteiger partial charge in [0, 0.05) is 0 Å². The highest BCUT2D eigenvalue weighted by atomic mass is 16.5. The second-order valence-corrected chi connectivity index (χ2v) is 10.1. The maximum absolute atomic E-state index is 13.8. The van der Waals surface area contributed by atoms with E-state index in [4.69, 9.17) is 4.74 Å². The van der Waals surface area contributed by atoms with Crippen molar-refractivity contribution in [2.75, 3.05) is 11.5 Å². The molecular formula is C32H31NO3. The zero-order valence-corrected chi connectivity index (χ0v) is 20.6. The average Bonchev–Trinajstić information content (AvgIpc) is 3.57. The van der Waals surface area contributed by atoms with Crippen LogP contribution in [0.4, 0.5) is 5.69 Å². The summed E-state index contributed by atoms with van der Waals surface area (Å²) < 4.78 is 5.83. The van der Waals surface area contributed by atoms with E-state index in [0.29, 0.717) is 12.3 Å². The number of nitrogens with zero attached hydrogens (tertiary/aromatic N) is 1. The number of ether oxygens (including phenoxy) is 1. The van der Waals surface area contributed by atoms with E-state index in [1.807, 2.05) is 60.7 Å². The van der Waals surface area contributed by atoms with E-state index in [1.54, 1.807) is 0 Å². The molecule has 1 saturated heterocycles. The number of carbonyl (C=O) groups excluding carboxylic acids is 2. The minimum atomic E-state index is -0.296. The van der Waals surface area contributed by atoms with Gasteiger partial charge in [0.05, 0.1) is 24.1 Å². The second-order valence-electron chi connectivity index (χ2n) is 10.1. The summed E-state index contributed by atoms with van der Waals surface area (Å²) in [5.74, 6) is 0.170. The number of fused-ring (bicyclic) bond motifs is 5. The van der Waals surface area contributed by atoms with Crippen LogP contribution in [0.15, 0.2) is 84.9 Å². The van der Waals surface area contributed by atoms with Crippen LogP contribution in [0.5, 0.6) is 5.75 Å². The molecule has 1 heterocycles. The smallest absolute Gasteiger partial charge is 0.238 e. The van der Waals surface area contributed by atoms with Crippen molar-refractivity contribution < 1.29 is 14.3 Å². The fourth-order valence-corrected chi connectivity index (χ4v) is 6.58. The molecule has 4 heteroatoms. The molecule has 3 aliphatic rings. The monoisotopic (exact) mass is 477 g/mol. The van der Waals surface area contributed by atoms with Crippen molar-refractivity contribution >= 4 is 28.6 Å². The lowest BCUT2D eigenvalue weighted by Crippen LogP contribution is -2.32. The highest BCUT2D eigenvalue weighted by Gasteiger charge is 2.64. The van der Waals surface area contributed by atoms with Crippen molar-refractivity contribution in [1.29, 1.82) is 0 Å². The number of benzene rings is 3. The number of unbranched alkanes of at least 4 members (excludes halogenated alkanes) is 2. The Morgan fingerprint density at radius 1 is 0.722 bits per heavy atom. The Morgan fingerprint density at radius 2 is 1.25 bits per heavy atom. The van der Waals surface area contributed by atoms with E-state index >= 15 is 0 Å². The van der Waals surface area contributed by atoms with Crippen LogP contribution in [-0.4, -0.2) is 18.4 Å². The molecule has 2 bridgehead atoms. The summed E-state index contributed by atoms with van der Waals surface area (Å²) in [7, 11) is 0. The molecule has 36 heavy (non-hydrogen) atoms. The summed E-state index contributed by atoms with van der Waals surface area (Å²) in [5.41, 5.74) is 5.44. The number of hydrogen-bond donors (Lipinski definition) is 0. The van der Waals surface area contributed by atoms with E-state index in [2.05, 4.69) is 31.2 Å². The van der Waals surface area contributed by atoms with E-state index in [1.165, 1.54) is 16.0 Å². The number of rotatable bonds is 8. The van der Waals surface area contributed by atoms with E-state index < -0.39 is 0 Å². The number of carbonyl (C=O) groups is 2. The van der Waals surface area contributed by atoms with Gasteiger partial charge in [-0.2, -0.15) is 0 Å². The summed E-state index contributed by atoms with van der Waals surface area (Å²) in [4.78, 5) is 29.0. The first-order valence-electron chi connectivity index (χ1n) is 13.1. The Hall–Kier alpha value is -3.66. The molecule has 0 spiro atoms. The predicted octanol–water partition coefficient (Wildman–Crippen LogP) is 6.62. The fraction of sp³-hybridized carbons (Fsp3) is 0.312. The van der Waals surface area contributed by atoms with E-state index in [9.17, 15) is 9.59 Å². The molecule has 1 aliphatic heterocycles. The molecule has 6 rings (SSSR count). The molecule has 4 nitrogen and oxygen atoms in total. The zero-order valence-electron chi connectivity index (χ0n) is 20.6. The average molecular weight is 478 g/mol. The van der Waals surface area contributed by atoms with Gasteiger partial charge in [-0.3, -0.25) is 14.5 Å². The molecule has 3 aromatic rings. The second kappa shape index (κ2) is 9.42. The standard InChI is InChI=1S/C32H31NO3/c1-2-3-10-19-36-24-17-15-23(16-18-24)33-31(34)29-25-20-26(30(29)32(33)35)28(22-13-8-5-9-14-22)27(25)21-11-6-4-7-12-21/h4-9,11-18,25-26,29-30H,2-3,10,19-20H2,1H3. The molecule has 0 radical (unpaired) electrons. The molecule has 4 atom stereocenters. The normalized spacial score (nSPS) is 24.5. The van der Waals surface area contributed by atoms with Crippen LogP contribution >= 0.6 is 0 Å². The third-order valence-corrected chi connectivity index (χ3v) is 8.09. The van der Waals surface area contributed by atoms with Crippen LogP contribution in [0.25, 0.3) is 11.1 Å². The van der Waals surface area contributed by atoms with Gasteiger partial charge in [0.1, 0.15) is 5.75 Å². The summed E-state index contributed by atoms with van der Waals surface area (Å²) in [5, 5.41) is 0. The lowest BCUT2D eigenvalue weighted by Gasteiger charge is -2.27. The van der Waals surface area contributed by atoms with Crippen molar-refractivity contribution in [3.63, 3.8) is 0 Å². The summed E-state index contributed by atoms with van der Waals surface area (Å²) in [6, 6.07) is 28.2. The van der Waals surface area contributed by atoms with E-state index in [0.717, 1.165) is 42.6 Å². The van der Waals surface area contributed by atoms with Crippen molar-refractivity contribution in [2.24, 2.45) is 23.7 Å². The van der Waals surface area contributed by atoms with Gasteiger partial charge < -0.3 is 4.74 Å². The number of amides is 2. The Bertz CT molecular complexity index is 1220. The van der Waals surface area contributed by atoms with Gasteiger partial charge in [0.2, 0.25) is 11.8 Å². The van der Waals surface area contributed by atoms with Crippen molar-refractivity contribution in [1.82, 2.24) is 0 Å². The molecule has 2 fully saturated rings. The van der Waals surface area contributed by atoms with Gasteiger partial charge in [-0.1, -0.05) is 80.4 Å². The SMILES string of the molecule is CCCCCOc1ccc(N2C(=O)C3C4CC(C(c5ccccc5)=C4c4ccccc4)C3C2=O)cc1. The number of anilines is 1. The first kappa shape index (κ1) is 22.8. The molecule has 2 amide bonds. The molecule has 2 aliphatic carbocycles. The minimum absolute atomic E-state index is 0.0558. The van der Waals surface area contributed by atoms with E-state index in [-0.39, 0.29) is 35.5 Å². The number of imide groups is 1. The molecular weight excluding hydrogens is 446 g/mol.